The van der Waals surface area contributed by atoms with E-state index in [1.54, 1.807) is 28.8 Å². The Labute approximate surface area is 227 Å². The first kappa shape index (κ1) is 27.1. The summed E-state index contributed by atoms with van der Waals surface area (Å²) in [5, 5.41) is 0. The zero-order valence-corrected chi connectivity index (χ0v) is 22.8. The lowest BCUT2D eigenvalue weighted by Crippen LogP contribution is -2.44. The van der Waals surface area contributed by atoms with E-state index in [-0.39, 0.29) is 24.3 Å². The topological polar surface area (TPSA) is 117 Å². The van der Waals surface area contributed by atoms with Gasteiger partial charge in [-0.15, -0.1) is 0 Å². The third-order valence-electron chi connectivity index (χ3n) is 7.70. The summed E-state index contributed by atoms with van der Waals surface area (Å²) in [6, 6.07) is 8.78. The van der Waals surface area contributed by atoms with E-state index in [0.717, 1.165) is 42.4 Å². The molecule has 208 valence electrons. The third kappa shape index (κ3) is 5.77. The van der Waals surface area contributed by atoms with Gasteiger partial charge in [0.1, 0.15) is 0 Å². The van der Waals surface area contributed by atoms with Crippen molar-refractivity contribution in [3.63, 3.8) is 0 Å². The number of nitrogens with zero attached hydrogens (tertiary/aromatic N) is 5. The average Bonchev–Trinajstić information content (AvgIpc) is 3.33. The number of piperidine rings is 1. The van der Waals surface area contributed by atoms with Gasteiger partial charge >= 0.3 is 5.69 Å². The number of aromatic nitrogens is 4. The highest BCUT2D eigenvalue weighted by Gasteiger charge is 2.28. The fourth-order valence-corrected chi connectivity index (χ4v) is 5.51. The standard InChI is InChI=1S/C29H38N6O4/c1-20(2)10-14-33-25-26(31-28(33)32-13-6-9-23(30)18-32)34(17-21-11-15-39-16-12-21)29(38)35(27(25)37)19-24(36)22-7-4-3-5-8-22/h3-5,7-8,10,21,23H,6,9,11-19,30H2,1-2H3. The number of anilines is 1. The summed E-state index contributed by atoms with van der Waals surface area (Å²) in [5.41, 5.74) is 7.59. The van der Waals surface area contributed by atoms with Crippen molar-refractivity contribution in [1.82, 2.24) is 18.7 Å². The summed E-state index contributed by atoms with van der Waals surface area (Å²) in [4.78, 5) is 48.2. The second-order valence-corrected chi connectivity index (χ2v) is 11.0. The molecule has 0 amide bonds. The van der Waals surface area contributed by atoms with Crippen molar-refractivity contribution in [2.45, 2.75) is 65.2 Å². The molecule has 1 aromatic carbocycles. The molecular weight excluding hydrogens is 496 g/mol. The van der Waals surface area contributed by atoms with Gasteiger partial charge in [0, 0.05) is 51.0 Å². The van der Waals surface area contributed by atoms with Crippen LogP contribution in [0.1, 0.15) is 49.9 Å². The smallest absolute Gasteiger partial charge is 0.333 e. The van der Waals surface area contributed by atoms with Crippen molar-refractivity contribution in [3.8, 4) is 0 Å². The second-order valence-electron chi connectivity index (χ2n) is 11.0. The second kappa shape index (κ2) is 11.7. The lowest BCUT2D eigenvalue weighted by molar-refractivity contribution is 0.0610. The van der Waals surface area contributed by atoms with Gasteiger partial charge in [-0.05, 0) is 45.4 Å². The van der Waals surface area contributed by atoms with Crippen molar-refractivity contribution in [2.75, 3.05) is 31.2 Å². The van der Waals surface area contributed by atoms with Crippen LogP contribution < -0.4 is 21.9 Å². The van der Waals surface area contributed by atoms with Gasteiger partial charge in [0.2, 0.25) is 5.95 Å². The number of carbonyl (C=O) groups excluding carboxylic acids is 1. The molecule has 10 heteroatoms. The minimum absolute atomic E-state index is 0.0139. The summed E-state index contributed by atoms with van der Waals surface area (Å²) in [6.07, 6.45) is 5.55. The predicted octanol–water partition coefficient (Wildman–Crippen LogP) is 2.56. The van der Waals surface area contributed by atoms with Crippen LogP contribution in [0.15, 0.2) is 51.6 Å². The van der Waals surface area contributed by atoms with E-state index in [9.17, 15) is 14.4 Å². The van der Waals surface area contributed by atoms with Gasteiger partial charge in [-0.1, -0.05) is 42.0 Å². The molecule has 5 rings (SSSR count). The molecule has 0 spiro atoms. The van der Waals surface area contributed by atoms with Crippen LogP contribution in [0.2, 0.25) is 0 Å². The van der Waals surface area contributed by atoms with Crippen molar-refractivity contribution in [2.24, 2.45) is 11.7 Å². The molecule has 2 saturated heterocycles. The van der Waals surface area contributed by atoms with Crippen LogP contribution in [0.5, 0.6) is 0 Å². The van der Waals surface area contributed by atoms with Crippen molar-refractivity contribution >= 4 is 22.9 Å². The highest BCUT2D eigenvalue weighted by molar-refractivity contribution is 5.95. The van der Waals surface area contributed by atoms with Gasteiger partial charge in [0.25, 0.3) is 5.56 Å². The molecule has 1 atom stereocenters. The van der Waals surface area contributed by atoms with Crippen LogP contribution >= 0.6 is 0 Å². The van der Waals surface area contributed by atoms with Crippen molar-refractivity contribution in [3.05, 3.63) is 68.4 Å². The number of ketones is 1. The molecule has 0 radical (unpaired) electrons. The lowest BCUT2D eigenvalue weighted by Gasteiger charge is -2.31. The molecule has 0 bridgehead atoms. The van der Waals surface area contributed by atoms with Gasteiger partial charge in [0.15, 0.2) is 16.9 Å². The zero-order valence-electron chi connectivity index (χ0n) is 22.8. The van der Waals surface area contributed by atoms with Crippen LogP contribution in [-0.4, -0.2) is 56.8 Å². The molecule has 2 fully saturated rings. The van der Waals surface area contributed by atoms with E-state index < -0.39 is 11.2 Å². The first-order valence-electron chi connectivity index (χ1n) is 13.9. The number of rotatable bonds is 8. The van der Waals surface area contributed by atoms with Crippen molar-refractivity contribution < 1.29 is 9.53 Å². The Morgan fingerprint density at radius 3 is 2.51 bits per heavy atom. The molecular formula is C29H38N6O4. The number of nitrogens with two attached hydrogens (primary N) is 1. The number of ether oxygens (including phenoxy) is 1. The molecule has 0 saturated carbocycles. The van der Waals surface area contributed by atoms with Gasteiger partial charge < -0.3 is 19.9 Å². The molecule has 2 N–H and O–H groups in total. The summed E-state index contributed by atoms with van der Waals surface area (Å²) < 4.78 is 10.1. The number of fused-ring (bicyclic) bond motifs is 1. The number of hydrogen-bond donors (Lipinski definition) is 1. The molecule has 1 unspecified atom stereocenters. The Hall–Kier alpha value is -3.50. The van der Waals surface area contributed by atoms with E-state index in [4.69, 9.17) is 15.5 Å². The molecule has 2 aliphatic heterocycles. The number of hydrogen-bond acceptors (Lipinski definition) is 7. The van der Waals surface area contributed by atoms with E-state index in [2.05, 4.69) is 4.90 Å². The van der Waals surface area contributed by atoms with Gasteiger partial charge in [-0.25, -0.2) is 4.79 Å². The average molecular weight is 535 g/mol. The molecule has 4 heterocycles. The first-order chi connectivity index (χ1) is 18.8. The fourth-order valence-electron chi connectivity index (χ4n) is 5.51. The minimum Gasteiger partial charge on any atom is -0.381 e. The van der Waals surface area contributed by atoms with Crippen molar-refractivity contribution in [1.29, 1.82) is 0 Å². The number of allylic oxidation sites excluding steroid dienone is 2. The van der Waals surface area contributed by atoms with Gasteiger partial charge in [-0.3, -0.25) is 18.7 Å². The van der Waals surface area contributed by atoms with Crippen LogP contribution in [0.4, 0.5) is 5.95 Å². The molecule has 2 aliphatic rings. The predicted molar refractivity (Wildman–Crippen MR) is 151 cm³/mol. The molecule has 10 nitrogen and oxygen atoms in total. The summed E-state index contributed by atoms with van der Waals surface area (Å²) in [7, 11) is 0. The Balaban J connectivity index is 1.70. The highest BCUT2D eigenvalue weighted by atomic mass is 16.5. The van der Waals surface area contributed by atoms with Crippen LogP contribution in [-0.2, 0) is 24.4 Å². The van der Waals surface area contributed by atoms with E-state index in [0.29, 0.717) is 55.5 Å². The maximum Gasteiger partial charge on any atom is 0.333 e. The van der Waals surface area contributed by atoms with Crippen LogP contribution in [0.25, 0.3) is 11.2 Å². The van der Waals surface area contributed by atoms with E-state index >= 15 is 0 Å². The number of Topliss-reactive ketones (excluding diaryl/α,β-unsaturated/α-hetero) is 1. The maximum atomic E-state index is 14.0. The Morgan fingerprint density at radius 1 is 1.08 bits per heavy atom. The summed E-state index contributed by atoms with van der Waals surface area (Å²) in [6.45, 7) is 7.21. The molecule has 0 aliphatic carbocycles. The number of carbonyl (C=O) groups is 1. The summed E-state index contributed by atoms with van der Waals surface area (Å²) >= 11 is 0. The minimum atomic E-state index is -0.503. The fraction of sp³-hybridized carbons (Fsp3) is 0.517. The van der Waals surface area contributed by atoms with Crippen LogP contribution in [0, 0.1) is 5.92 Å². The van der Waals surface area contributed by atoms with Gasteiger partial charge in [-0.2, -0.15) is 4.98 Å². The quantitative estimate of drug-likeness (QED) is 0.349. The normalized spacial score (nSPS) is 18.4. The zero-order chi connectivity index (χ0) is 27.5. The maximum absolute atomic E-state index is 14.0. The molecule has 39 heavy (non-hydrogen) atoms. The number of benzene rings is 1. The van der Waals surface area contributed by atoms with Gasteiger partial charge in [0.05, 0.1) is 6.54 Å². The van der Waals surface area contributed by atoms with E-state index in [1.807, 2.05) is 30.6 Å². The Bertz CT molecular complexity index is 1480. The molecule has 3 aromatic rings. The molecule has 2 aromatic heterocycles. The first-order valence-corrected chi connectivity index (χ1v) is 13.9. The lowest BCUT2D eigenvalue weighted by atomic mass is 10.0. The SMILES string of the molecule is CC(C)=CCn1c(N2CCCC(N)C2)nc2c1c(=O)n(CC(=O)c1ccccc1)c(=O)n2CC1CCOCC1. The van der Waals surface area contributed by atoms with E-state index in [1.165, 1.54) is 0 Å². The summed E-state index contributed by atoms with van der Waals surface area (Å²) in [5.74, 6) is 0.566. The highest BCUT2D eigenvalue weighted by Crippen LogP contribution is 2.25. The number of imidazole rings is 1. The largest absolute Gasteiger partial charge is 0.381 e. The Kier molecular flexibility index (Phi) is 8.13. The monoisotopic (exact) mass is 534 g/mol. The third-order valence-corrected chi connectivity index (χ3v) is 7.70. The van der Waals surface area contributed by atoms with Crippen LogP contribution in [0.3, 0.4) is 0 Å². The Morgan fingerprint density at radius 2 is 1.82 bits per heavy atom.